The summed E-state index contributed by atoms with van der Waals surface area (Å²) < 4.78 is 0. The van der Waals surface area contributed by atoms with E-state index in [9.17, 15) is 0 Å². The summed E-state index contributed by atoms with van der Waals surface area (Å²) in [6.45, 7) is 12.0. The van der Waals surface area contributed by atoms with Gasteiger partial charge >= 0.3 is 0 Å². The van der Waals surface area contributed by atoms with Crippen LogP contribution in [0.1, 0.15) is 41.5 Å². The van der Waals surface area contributed by atoms with Crippen LogP contribution in [0.5, 0.6) is 0 Å². The van der Waals surface area contributed by atoms with Crippen LogP contribution >= 0.6 is 0 Å². The summed E-state index contributed by atoms with van der Waals surface area (Å²) in [4.78, 5) is 0. The maximum atomic E-state index is 3.39. The topological polar surface area (TPSA) is 0 Å². The molecule has 3 heteroatoms. The average molecular weight is 1110 g/mol. The van der Waals surface area contributed by atoms with Crippen LogP contribution in [0, 0.1) is 36.4 Å². The van der Waals surface area contributed by atoms with E-state index in [4.69, 9.17) is 0 Å². The summed E-state index contributed by atoms with van der Waals surface area (Å²) in [7, 11) is 0. The molecular formula is C66H54Y3-6. The monoisotopic (exact) mass is 1110 g/mol. The first kappa shape index (κ1) is 57.1. The van der Waals surface area contributed by atoms with Crippen molar-refractivity contribution >= 4 is 64.6 Å². The van der Waals surface area contributed by atoms with Crippen molar-refractivity contribution < 1.29 is 98.1 Å². The van der Waals surface area contributed by atoms with Crippen LogP contribution in [-0.4, -0.2) is 0 Å². The van der Waals surface area contributed by atoms with Crippen LogP contribution in [0.25, 0.3) is 98.0 Å². The molecule has 333 valence electrons. The van der Waals surface area contributed by atoms with E-state index >= 15 is 0 Å². The smallest absolute Gasteiger partial charge is 0 e. The number of fused-ring (bicyclic) bond motifs is 6. The van der Waals surface area contributed by atoms with Crippen molar-refractivity contribution in [2.24, 2.45) is 0 Å². The fourth-order valence-electron chi connectivity index (χ4n) is 7.96. The minimum absolute atomic E-state index is 0. The van der Waals surface area contributed by atoms with Crippen LogP contribution < -0.4 is 0 Å². The maximum Gasteiger partial charge on any atom is 0 e. The van der Waals surface area contributed by atoms with Crippen LogP contribution in [-0.2, 0) is 98.1 Å². The molecule has 0 spiro atoms. The molecule has 0 atom stereocenters. The summed E-state index contributed by atoms with van der Waals surface area (Å²) in [6, 6.07) is 95.6. The van der Waals surface area contributed by atoms with Crippen molar-refractivity contribution in [3.63, 3.8) is 0 Å². The predicted molar refractivity (Wildman–Crippen MR) is 288 cm³/mol. The predicted octanol–water partition coefficient (Wildman–Crippen LogP) is 18.9. The summed E-state index contributed by atoms with van der Waals surface area (Å²) in [5, 5.41) is 14.8. The zero-order valence-electron chi connectivity index (χ0n) is 40.5. The van der Waals surface area contributed by atoms with E-state index in [1.165, 1.54) is 64.6 Å². The third-order valence-corrected chi connectivity index (χ3v) is 11.0. The number of hydrogen-bond donors (Lipinski definition) is 0. The van der Waals surface area contributed by atoms with Gasteiger partial charge in [-0.2, -0.15) is 72.8 Å². The van der Waals surface area contributed by atoms with E-state index in [2.05, 4.69) is 224 Å². The van der Waals surface area contributed by atoms with E-state index in [1.54, 1.807) is 0 Å². The third kappa shape index (κ3) is 14.1. The second kappa shape index (κ2) is 29.6. The molecule has 0 N–H and O–H groups in total. The molecule has 0 aliphatic carbocycles. The summed E-state index contributed by atoms with van der Waals surface area (Å²) in [6.07, 6.45) is 0. The van der Waals surface area contributed by atoms with Gasteiger partial charge in [0.05, 0.1) is 0 Å². The normalized spacial score (nSPS) is 9.83. The van der Waals surface area contributed by atoms with Gasteiger partial charge in [0, 0.05) is 98.1 Å². The SMILES string of the molecule is CC.CC.CC.[Y].[Y].[Y].[c-]1cc2ccccc2cc1-c1[c-]cc2ccccc2c1.[c-]1cc2ccccc2cc1-c1[c-]ccc2ccccc12.[c-]1ccc2ccccc2c1-c1[c-]ccc2ccccc12. The van der Waals surface area contributed by atoms with Gasteiger partial charge in [0.25, 0.3) is 0 Å². The van der Waals surface area contributed by atoms with Crippen molar-refractivity contribution in [1.82, 2.24) is 0 Å². The fraction of sp³-hybridized carbons (Fsp3) is 0.0909. The van der Waals surface area contributed by atoms with Crippen LogP contribution in [0.15, 0.2) is 218 Å². The molecule has 0 amide bonds. The van der Waals surface area contributed by atoms with Gasteiger partial charge in [-0.1, -0.05) is 169 Å². The van der Waals surface area contributed by atoms with Crippen LogP contribution in [0.3, 0.4) is 0 Å². The Labute approximate surface area is 486 Å². The third-order valence-electron chi connectivity index (χ3n) is 11.0. The van der Waals surface area contributed by atoms with Gasteiger partial charge in [-0.15, -0.1) is 119 Å². The van der Waals surface area contributed by atoms with Gasteiger partial charge in [0.1, 0.15) is 0 Å². The zero-order valence-corrected chi connectivity index (χ0v) is 49.0. The molecule has 12 aromatic rings. The Morgan fingerprint density at radius 1 is 0.232 bits per heavy atom. The van der Waals surface area contributed by atoms with Gasteiger partial charge < -0.3 is 0 Å². The Hall–Kier alpha value is -4.49. The molecule has 0 unspecified atom stereocenters. The van der Waals surface area contributed by atoms with E-state index < -0.39 is 0 Å². The first-order valence-electron chi connectivity index (χ1n) is 23.2. The van der Waals surface area contributed by atoms with Crippen molar-refractivity contribution in [1.29, 1.82) is 0 Å². The molecule has 3 radical (unpaired) electrons. The van der Waals surface area contributed by atoms with Crippen molar-refractivity contribution in [2.45, 2.75) is 41.5 Å². The quantitative estimate of drug-likeness (QED) is 0.155. The zero-order chi connectivity index (χ0) is 46.1. The Morgan fingerprint density at radius 2 is 0.478 bits per heavy atom. The Kier molecular flexibility index (Phi) is 24.5. The van der Waals surface area contributed by atoms with E-state index in [-0.39, 0.29) is 98.1 Å². The molecule has 0 fully saturated rings. The van der Waals surface area contributed by atoms with Gasteiger partial charge in [-0.05, 0) is 0 Å². The Morgan fingerprint density at radius 3 is 0.826 bits per heavy atom. The van der Waals surface area contributed by atoms with E-state index in [0.717, 1.165) is 33.4 Å². The van der Waals surface area contributed by atoms with Crippen molar-refractivity contribution in [2.75, 3.05) is 0 Å². The molecule has 0 bridgehead atoms. The van der Waals surface area contributed by atoms with Crippen LogP contribution in [0.2, 0.25) is 0 Å². The first-order chi connectivity index (χ1) is 32.7. The molecule has 0 aliphatic heterocycles. The molecule has 69 heavy (non-hydrogen) atoms. The first-order valence-corrected chi connectivity index (χ1v) is 23.2. The summed E-state index contributed by atoms with van der Waals surface area (Å²) in [5.41, 5.74) is 6.65. The molecule has 0 aromatic heterocycles. The molecule has 0 saturated heterocycles. The standard InChI is InChI=1S/3C20H12.3C2H6.3Y/c1-3-11-17-15(7-1)9-5-13-19(17)20-14-6-10-16-8-2-4-12-18(16)20;1-3-7-17-13-19(11-9-15(17)5-1)20-12-10-16-6-2-4-8-18(16)14-20;1-2-8-17-14-18(13-12-15(17)6-1)20-11-5-9-16-7-3-4-10-19(16)20;3*1-2;;;/h1-12H;1-10,13-14H;1-10,12,14H;3*1-2H3;;;/q3*-2;;;;;;. The van der Waals surface area contributed by atoms with Gasteiger partial charge in [0.2, 0.25) is 0 Å². The minimum Gasteiger partial charge on any atom is -0.226 e. The molecule has 12 rings (SSSR count). The number of hydrogen-bond acceptors (Lipinski definition) is 0. The minimum atomic E-state index is 0. The molecule has 0 nitrogen and oxygen atoms in total. The number of rotatable bonds is 3. The van der Waals surface area contributed by atoms with E-state index in [0.29, 0.717) is 0 Å². The number of benzene rings is 12. The molecule has 0 aliphatic rings. The molecule has 12 aromatic carbocycles. The second-order valence-electron chi connectivity index (χ2n) is 14.7. The molecule has 0 saturated carbocycles. The summed E-state index contributed by atoms with van der Waals surface area (Å²) in [5.74, 6) is 0. The van der Waals surface area contributed by atoms with Gasteiger partial charge in [0.15, 0.2) is 0 Å². The second-order valence-corrected chi connectivity index (χ2v) is 14.7. The largest absolute Gasteiger partial charge is 0.226 e. The fourth-order valence-corrected chi connectivity index (χ4v) is 7.96. The maximum absolute atomic E-state index is 3.39. The van der Waals surface area contributed by atoms with Gasteiger partial charge in [-0.3, -0.25) is 0 Å². The Bertz CT molecular complexity index is 3280. The molecule has 0 heterocycles. The summed E-state index contributed by atoms with van der Waals surface area (Å²) >= 11 is 0. The van der Waals surface area contributed by atoms with Crippen molar-refractivity contribution in [3.8, 4) is 33.4 Å². The average Bonchev–Trinajstić information content (AvgIpc) is 3.42. The van der Waals surface area contributed by atoms with Crippen LogP contribution in [0.4, 0.5) is 0 Å². The molecular weight excluding hydrogens is 1060 g/mol. The van der Waals surface area contributed by atoms with Gasteiger partial charge in [-0.25, -0.2) is 33.4 Å². The Balaban J connectivity index is 0.000000209. The van der Waals surface area contributed by atoms with Crippen molar-refractivity contribution in [3.05, 3.63) is 255 Å². The van der Waals surface area contributed by atoms with E-state index in [1.807, 2.05) is 71.9 Å².